The molecule has 2 aliphatic rings. The van der Waals surface area contributed by atoms with Crippen molar-refractivity contribution in [3.63, 3.8) is 0 Å². The molecule has 1 aromatic rings. The number of carbonyl (C=O) groups is 1. The number of ether oxygens (including phenoxy) is 1. The minimum atomic E-state index is 0.114. The quantitative estimate of drug-likeness (QED) is 0.769. The van der Waals surface area contributed by atoms with Crippen molar-refractivity contribution in [3.05, 3.63) is 24.0 Å². The molecule has 1 unspecified atom stereocenters. The smallest absolute Gasteiger partial charge is 0.223 e. The molecule has 0 spiro atoms. The minimum absolute atomic E-state index is 0.114. The molecule has 1 atom stereocenters. The van der Waals surface area contributed by atoms with Crippen LogP contribution in [0.1, 0.15) is 50.1 Å². The molecule has 0 bridgehead atoms. The Bertz CT molecular complexity index is 572. The van der Waals surface area contributed by atoms with Crippen molar-refractivity contribution in [2.24, 2.45) is 11.7 Å². The lowest BCUT2D eigenvalue weighted by Crippen LogP contribution is -2.37. The van der Waals surface area contributed by atoms with Gasteiger partial charge in [0.1, 0.15) is 12.4 Å². The van der Waals surface area contributed by atoms with Gasteiger partial charge in [-0.05, 0) is 63.7 Å². The molecular weight excluding hydrogens is 316 g/mol. The van der Waals surface area contributed by atoms with E-state index in [1.165, 1.54) is 18.4 Å². The van der Waals surface area contributed by atoms with Crippen LogP contribution in [0.2, 0.25) is 0 Å². The van der Waals surface area contributed by atoms with Gasteiger partial charge in [-0.15, -0.1) is 0 Å². The Kier molecular flexibility index (Phi) is 6.26. The molecule has 0 radical (unpaired) electrons. The molecule has 25 heavy (non-hydrogen) atoms. The average Bonchev–Trinajstić information content (AvgIpc) is 3.05. The molecule has 3 rings (SSSR count). The third-order valence-electron chi connectivity index (χ3n) is 5.45. The van der Waals surface area contributed by atoms with Crippen LogP contribution in [-0.4, -0.2) is 48.6 Å². The Morgan fingerprint density at radius 3 is 2.84 bits per heavy atom. The van der Waals surface area contributed by atoms with Gasteiger partial charge in [0.25, 0.3) is 0 Å². The summed E-state index contributed by atoms with van der Waals surface area (Å²) in [7, 11) is 2.15. The van der Waals surface area contributed by atoms with Crippen molar-refractivity contribution >= 4 is 5.91 Å². The van der Waals surface area contributed by atoms with Gasteiger partial charge >= 0.3 is 0 Å². The summed E-state index contributed by atoms with van der Waals surface area (Å²) < 4.78 is 5.78. The Labute approximate surface area is 150 Å². The van der Waals surface area contributed by atoms with Crippen LogP contribution in [0.15, 0.2) is 18.5 Å². The molecule has 1 aliphatic carbocycles. The van der Waals surface area contributed by atoms with Crippen LogP contribution in [0.4, 0.5) is 0 Å². The van der Waals surface area contributed by atoms with Crippen LogP contribution in [0.3, 0.4) is 0 Å². The van der Waals surface area contributed by atoms with Crippen LogP contribution < -0.4 is 15.8 Å². The number of rotatable bonds is 6. The molecule has 2 fully saturated rings. The summed E-state index contributed by atoms with van der Waals surface area (Å²) in [6.45, 7) is 2.12. The molecule has 3 N–H and O–H groups in total. The number of nitrogens with zero attached hydrogens (tertiary/aromatic N) is 2. The van der Waals surface area contributed by atoms with Crippen LogP contribution in [0.25, 0.3) is 0 Å². The monoisotopic (exact) mass is 346 g/mol. The van der Waals surface area contributed by atoms with Crippen molar-refractivity contribution in [2.45, 2.75) is 50.6 Å². The zero-order chi connectivity index (χ0) is 17.6. The first-order valence-corrected chi connectivity index (χ1v) is 9.45. The second-order valence-electron chi connectivity index (χ2n) is 7.34. The third kappa shape index (κ3) is 4.92. The summed E-state index contributed by atoms with van der Waals surface area (Å²) in [5.74, 6) is 1.02. The van der Waals surface area contributed by atoms with Gasteiger partial charge in [0, 0.05) is 24.2 Å². The first-order chi connectivity index (χ1) is 12.1. The lowest BCUT2D eigenvalue weighted by Gasteiger charge is -2.25. The molecule has 1 aliphatic heterocycles. The molecule has 1 amide bonds. The van der Waals surface area contributed by atoms with Gasteiger partial charge in [0.2, 0.25) is 5.91 Å². The van der Waals surface area contributed by atoms with E-state index in [4.69, 9.17) is 10.5 Å². The highest BCUT2D eigenvalue weighted by atomic mass is 16.5. The van der Waals surface area contributed by atoms with E-state index in [2.05, 4.69) is 28.3 Å². The van der Waals surface area contributed by atoms with E-state index in [-0.39, 0.29) is 17.9 Å². The third-order valence-corrected chi connectivity index (χ3v) is 5.45. The number of nitrogens with two attached hydrogens (primary N) is 1. The van der Waals surface area contributed by atoms with E-state index in [1.807, 2.05) is 6.20 Å². The number of likely N-dealkylation sites (tertiary alicyclic amines) is 1. The van der Waals surface area contributed by atoms with Crippen molar-refractivity contribution in [3.8, 4) is 5.75 Å². The molecule has 1 saturated carbocycles. The van der Waals surface area contributed by atoms with Crippen molar-refractivity contribution in [1.29, 1.82) is 0 Å². The maximum absolute atomic E-state index is 12.2. The fourth-order valence-electron chi connectivity index (χ4n) is 3.90. The van der Waals surface area contributed by atoms with Crippen molar-refractivity contribution in [1.82, 2.24) is 15.2 Å². The second-order valence-corrected chi connectivity index (χ2v) is 7.34. The number of nitrogens with one attached hydrogen (secondary N) is 1. The minimum Gasteiger partial charge on any atom is -0.490 e. The topological polar surface area (TPSA) is 80.5 Å². The zero-order valence-corrected chi connectivity index (χ0v) is 15.1. The van der Waals surface area contributed by atoms with Gasteiger partial charge in [-0.1, -0.05) is 0 Å². The van der Waals surface area contributed by atoms with Gasteiger partial charge in [0.05, 0.1) is 12.7 Å². The van der Waals surface area contributed by atoms with Crippen LogP contribution in [0, 0.1) is 5.92 Å². The zero-order valence-electron chi connectivity index (χ0n) is 15.1. The summed E-state index contributed by atoms with van der Waals surface area (Å²) in [5.41, 5.74) is 7.10. The van der Waals surface area contributed by atoms with Crippen molar-refractivity contribution in [2.75, 3.05) is 26.7 Å². The highest BCUT2D eigenvalue weighted by Crippen LogP contribution is 2.31. The highest BCUT2D eigenvalue weighted by Gasteiger charge is 2.24. The predicted octanol–water partition coefficient (Wildman–Crippen LogP) is 1.86. The molecule has 1 aromatic heterocycles. The number of pyridine rings is 1. The van der Waals surface area contributed by atoms with E-state index in [1.54, 1.807) is 6.20 Å². The van der Waals surface area contributed by atoms with Gasteiger partial charge in [0.15, 0.2) is 0 Å². The maximum Gasteiger partial charge on any atom is 0.223 e. The van der Waals surface area contributed by atoms with Crippen LogP contribution >= 0.6 is 0 Å². The van der Waals surface area contributed by atoms with E-state index in [0.717, 1.165) is 38.0 Å². The summed E-state index contributed by atoms with van der Waals surface area (Å²) in [5, 5.41) is 2.98. The molecule has 0 aromatic carbocycles. The first kappa shape index (κ1) is 18.1. The fourth-order valence-corrected chi connectivity index (χ4v) is 3.90. The van der Waals surface area contributed by atoms with Crippen molar-refractivity contribution < 1.29 is 9.53 Å². The Hall–Kier alpha value is -1.66. The number of aromatic nitrogens is 1. The van der Waals surface area contributed by atoms with Gasteiger partial charge in [-0.2, -0.15) is 0 Å². The molecule has 138 valence electrons. The van der Waals surface area contributed by atoms with Gasteiger partial charge < -0.3 is 15.8 Å². The number of amides is 1. The Balaban J connectivity index is 1.41. The molecule has 6 heteroatoms. The SMILES string of the molecule is CN1CCCC1c1cncc(OCCNC(=O)C2CCC(N)CC2)c1. The van der Waals surface area contributed by atoms with E-state index < -0.39 is 0 Å². The molecular formula is C19H30N4O2. The predicted molar refractivity (Wildman–Crippen MR) is 97.3 cm³/mol. The lowest BCUT2D eigenvalue weighted by molar-refractivity contribution is -0.126. The second kappa shape index (κ2) is 8.63. The maximum atomic E-state index is 12.2. The lowest BCUT2D eigenvalue weighted by atomic mass is 9.86. The van der Waals surface area contributed by atoms with E-state index in [0.29, 0.717) is 19.2 Å². The summed E-state index contributed by atoms with van der Waals surface area (Å²) in [6.07, 6.45) is 9.75. The van der Waals surface area contributed by atoms with E-state index in [9.17, 15) is 4.79 Å². The van der Waals surface area contributed by atoms with E-state index >= 15 is 0 Å². The van der Waals surface area contributed by atoms with Gasteiger partial charge in [-0.25, -0.2) is 0 Å². The normalized spacial score (nSPS) is 27.2. The fraction of sp³-hybridized carbons (Fsp3) is 0.684. The molecule has 6 nitrogen and oxygen atoms in total. The Morgan fingerprint density at radius 1 is 1.32 bits per heavy atom. The average molecular weight is 346 g/mol. The standard InChI is InChI=1S/C19H30N4O2/c1-23-9-2-3-18(23)15-11-17(13-21-12-15)25-10-8-22-19(24)14-4-6-16(20)7-5-14/h11-14,16,18H,2-10,20H2,1H3,(H,22,24). The number of hydrogen-bond donors (Lipinski definition) is 2. The van der Waals surface area contributed by atoms with Crippen LogP contribution in [-0.2, 0) is 4.79 Å². The number of hydrogen-bond acceptors (Lipinski definition) is 5. The largest absolute Gasteiger partial charge is 0.490 e. The van der Waals surface area contributed by atoms with Crippen LogP contribution in [0.5, 0.6) is 5.75 Å². The van der Waals surface area contributed by atoms with Gasteiger partial charge in [-0.3, -0.25) is 14.7 Å². The molecule has 2 heterocycles. The summed E-state index contributed by atoms with van der Waals surface area (Å²) in [6, 6.07) is 2.78. The summed E-state index contributed by atoms with van der Waals surface area (Å²) >= 11 is 0. The number of carbonyl (C=O) groups excluding carboxylic acids is 1. The molecule has 1 saturated heterocycles. The highest BCUT2D eigenvalue weighted by molar-refractivity contribution is 5.78. The Morgan fingerprint density at radius 2 is 2.12 bits per heavy atom. The first-order valence-electron chi connectivity index (χ1n) is 9.45. The summed E-state index contributed by atoms with van der Waals surface area (Å²) in [4.78, 5) is 18.8.